The fourth-order valence-electron chi connectivity index (χ4n) is 3.19. The van der Waals surface area contributed by atoms with Crippen LogP contribution in [0.2, 0.25) is 0 Å². The molecule has 154 valence electrons. The van der Waals surface area contributed by atoms with E-state index in [2.05, 4.69) is 0 Å². The van der Waals surface area contributed by atoms with Crippen molar-refractivity contribution in [3.63, 3.8) is 0 Å². The maximum Gasteiger partial charge on any atom is 0.339 e. The Kier molecular flexibility index (Phi) is 5.57. The van der Waals surface area contributed by atoms with E-state index in [9.17, 15) is 19.2 Å². The molecule has 2 atom stereocenters. The second kappa shape index (κ2) is 8.62. The number of ether oxygens (including phenoxy) is 2. The van der Waals surface area contributed by atoms with Crippen molar-refractivity contribution >= 4 is 29.4 Å². The quantitative estimate of drug-likeness (QED) is 0.470. The standard InChI is InChI=1S/C24H17NO6/c26-21-19(30-23(28)16-10-4-1-5-11-16)20(31-24(29)17-12-6-2-7-13-17)22(27)25(21)18-14-8-3-9-15-18/h1-15,19-20H/t19-,20-/m1/s1. The van der Waals surface area contributed by atoms with E-state index in [4.69, 9.17) is 9.47 Å². The SMILES string of the molecule is O=C(O[C@H]1C(=O)N(c2ccccc2)C(=O)[C@@H]1OC(=O)c1ccccc1)c1ccccc1. The zero-order valence-corrected chi connectivity index (χ0v) is 16.2. The van der Waals surface area contributed by atoms with Crippen LogP contribution in [0, 0.1) is 0 Å². The molecule has 1 aliphatic heterocycles. The van der Waals surface area contributed by atoms with Gasteiger partial charge in [-0.25, -0.2) is 14.5 Å². The van der Waals surface area contributed by atoms with Gasteiger partial charge in [-0.15, -0.1) is 0 Å². The molecule has 1 fully saturated rings. The van der Waals surface area contributed by atoms with E-state index in [1.165, 1.54) is 24.3 Å². The first kappa shape index (κ1) is 20.0. The Balaban J connectivity index is 1.64. The van der Waals surface area contributed by atoms with Gasteiger partial charge in [-0.1, -0.05) is 54.6 Å². The Morgan fingerprint density at radius 3 is 1.32 bits per heavy atom. The maximum atomic E-state index is 13.0. The molecule has 0 aromatic heterocycles. The first-order chi connectivity index (χ1) is 15.1. The third-order valence-electron chi connectivity index (χ3n) is 4.70. The first-order valence-electron chi connectivity index (χ1n) is 9.51. The van der Waals surface area contributed by atoms with E-state index < -0.39 is 36.0 Å². The molecule has 0 radical (unpaired) electrons. The van der Waals surface area contributed by atoms with Gasteiger partial charge in [0.05, 0.1) is 16.8 Å². The molecule has 2 amide bonds. The highest BCUT2D eigenvalue weighted by Gasteiger charge is 2.53. The van der Waals surface area contributed by atoms with Crippen LogP contribution in [0.5, 0.6) is 0 Å². The van der Waals surface area contributed by atoms with Crippen molar-refractivity contribution in [2.75, 3.05) is 4.90 Å². The Hall–Kier alpha value is -4.26. The van der Waals surface area contributed by atoms with Crippen LogP contribution in [0.25, 0.3) is 0 Å². The van der Waals surface area contributed by atoms with Gasteiger partial charge in [0.2, 0.25) is 12.2 Å². The summed E-state index contributed by atoms with van der Waals surface area (Å²) in [6, 6.07) is 24.3. The van der Waals surface area contributed by atoms with Gasteiger partial charge in [-0.05, 0) is 36.4 Å². The number of carbonyl (C=O) groups is 4. The molecule has 7 heteroatoms. The number of benzene rings is 3. The molecular weight excluding hydrogens is 398 g/mol. The number of anilines is 1. The lowest BCUT2D eigenvalue weighted by Gasteiger charge is -2.16. The number of imide groups is 1. The second-order valence-corrected chi connectivity index (χ2v) is 6.73. The van der Waals surface area contributed by atoms with Gasteiger partial charge in [0.15, 0.2) is 0 Å². The van der Waals surface area contributed by atoms with Crippen molar-refractivity contribution in [1.29, 1.82) is 0 Å². The minimum absolute atomic E-state index is 0.203. The predicted molar refractivity (Wildman–Crippen MR) is 110 cm³/mol. The number of hydrogen-bond acceptors (Lipinski definition) is 6. The van der Waals surface area contributed by atoms with Gasteiger partial charge in [-0.3, -0.25) is 9.59 Å². The van der Waals surface area contributed by atoms with E-state index in [1.54, 1.807) is 66.7 Å². The summed E-state index contributed by atoms with van der Waals surface area (Å²) in [5.74, 6) is -3.18. The topological polar surface area (TPSA) is 90.0 Å². The number of nitrogens with zero attached hydrogens (tertiary/aromatic N) is 1. The van der Waals surface area contributed by atoms with E-state index in [-0.39, 0.29) is 16.8 Å². The maximum absolute atomic E-state index is 13.0. The van der Waals surface area contributed by atoms with Gasteiger partial charge in [0.25, 0.3) is 11.8 Å². The zero-order valence-electron chi connectivity index (χ0n) is 16.2. The Labute approximate surface area is 177 Å². The summed E-state index contributed by atoms with van der Waals surface area (Å²) in [7, 11) is 0. The van der Waals surface area contributed by atoms with Crippen molar-refractivity contribution in [1.82, 2.24) is 0 Å². The molecule has 0 saturated carbocycles. The summed E-state index contributed by atoms with van der Waals surface area (Å²) < 4.78 is 10.7. The Morgan fingerprint density at radius 2 is 0.935 bits per heavy atom. The third kappa shape index (κ3) is 4.06. The highest BCUT2D eigenvalue weighted by atomic mass is 16.6. The van der Waals surface area contributed by atoms with Crippen LogP contribution in [-0.4, -0.2) is 36.0 Å². The Bertz CT molecular complexity index is 1040. The molecule has 3 aromatic carbocycles. The monoisotopic (exact) mass is 415 g/mol. The van der Waals surface area contributed by atoms with Crippen LogP contribution in [0.3, 0.4) is 0 Å². The van der Waals surface area contributed by atoms with Crippen molar-refractivity contribution in [3.8, 4) is 0 Å². The van der Waals surface area contributed by atoms with Crippen LogP contribution < -0.4 is 4.90 Å². The molecule has 3 aromatic rings. The van der Waals surface area contributed by atoms with Crippen molar-refractivity contribution < 1.29 is 28.7 Å². The lowest BCUT2D eigenvalue weighted by atomic mass is 10.2. The molecule has 1 aliphatic rings. The predicted octanol–water partition coefficient (Wildman–Crippen LogP) is 3.01. The van der Waals surface area contributed by atoms with Crippen molar-refractivity contribution in [2.45, 2.75) is 12.2 Å². The summed E-state index contributed by atoms with van der Waals surface area (Å²) in [5.41, 5.74) is 0.694. The van der Waals surface area contributed by atoms with Gasteiger partial charge in [0.1, 0.15) is 0 Å². The van der Waals surface area contributed by atoms with Gasteiger partial charge in [0, 0.05) is 0 Å². The minimum Gasteiger partial charge on any atom is -0.444 e. The zero-order chi connectivity index (χ0) is 21.8. The Morgan fingerprint density at radius 1 is 0.581 bits per heavy atom. The molecule has 0 aliphatic carbocycles. The average molecular weight is 415 g/mol. The molecule has 1 heterocycles. The number of carbonyl (C=O) groups excluding carboxylic acids is 4. The van der Waals surface area contributed by atoms with Gasteiger partial charge >= 0.3 is 11.9 Å². The number of esters is 2. The molecule has 0 bridgehead atoms. The molecule has 0 N–H and O–H groups in total. The molecule has 7 nitrogen and oxygen atoms in total. The van der Waals surface area contributed by atoms with Crippen LogP contribution in [-0.2, 0) is 19.1 Å². The van der Waals surface area contributed by atoms with E-state index in [1.807, 2.05) is 0 Å². The van der Waals surface area contributed by atoms with Crippen molar-refractivity contribution in [2.24, 2.45) is 0 Å². The number of amides is 2. The smallest absolute Gasteiger partial charge is 0.339 e. The summed E-state index contributed by atoms with van der Waals surface area (Å²) in [5, 5.41) is 0. The highest BCUT2D eigenvalue weighted by Crippen LogP contribution is 2.27. The lowest BCUT2D eigenvalue weighted by molar-refractivity contribution is -0.130. The molecule has 0 spiro atoms. The number of para-hydroxylation sites is 1. The second-order valence-electron chi connectivity index (χ2n) is 6.73. The van der Waals surface area contributed by atoms with E-state index in [0.717, 1.165) is 4.90 Å². The molecular formula is C24H17NO6. The normalized spacial score (nSPS) is 18.0. The number of hydrogen-bond donors (Lipinski definition) is 0. The van der Waals surface area contributed by atoms with E-state index in [0.29, 0.717) is 0 Å². The lowest BCUT2D eigenvalue weighted by Crippen LogP contribution is -2.37. The first-order valence-corrected chi connectivity index (χ1v) is 9.51. The largest absolute Gasteiger partial charge is 0.444 e. The van der Waals surface area contributed by atoms with Crippen LogP contribution in [0.4, 0.5) is 5.69 Å². The highest BCUT2D eigenvalue weighted by molar-refractivity contribution is 6.25. The fraction of sp³-hybridized carbons (Fsp3) is 0.0833. The molecule has 31 heavy (non-hydrogen) atoms. The fourth-order valence-corrected chi connectivity index (χ4v) is 3.19. The molecule has 1 saturated heterocycles. The summed E-state index contributed by atoms with van der Waals surface area (Å²) in [6.07, 6.45) is -3.21. The van der Waals surface area contributed by atoms with Crippen LogP contribution in [0.15, 0.2) is 91.0 Å². The summed E-state index contributed by atoms with van der Waals surface area (Å²) in [4.78, 5) is 52.1. The molecule has 4 rings (SSSR count). The third-order valence-corrected chi connectivity index (χ3v) is 4.70. The summed E-state index contributed by atoms with van der Waals surface area (Å²) >= 11 is 0. The summed E-state index contributed by atoms with van der Waals surface area (Å²) in [6.45, 7) is 0. The number of rotatable bonds is 5. The van der Waals surface area contributed by atoms with Gasteiger partial charge < -0.3 is 9.47 Å². The minimum atomic E-state index is -1.60. The van der Waals surface area contributed by atoms with Crippen LogP contribution >= 0.6 is 0 Å². The van der Waals surface area contributed by atoms with E-state index >= 15 is 0 Å². The van der Waals surface area contributed by atoms with Crippen LogP contribution in [0.1, 0.15) is 20.7 Å². The van der Waals surface area contributed by atoms with Gasteiger partial charge in [-0.2, -0.15) is 0 Å². The molecule has 0 unspecified atom stereocenters. The van der Waals surface area contributed by atoms with Crippen molar-refractivity contribution in [3.05, 3.63) is 102 Å². The average Bonchev–Trinajstić information content (AvgIpc) is 3.04.